The molecule has 0 aromatic heterocycles. The third-order valence-electron chi connectivity index (χ3n) is 7.02. The summed E-state index contributed by atoms with van der Waals surface area (Å²) in [6.07, 6.45) is 11.0. The number of carbonyl (C=O) groups is 5. The SMILES string of the molecule is C=CC(C)C(NC)C(=O)O.CC(C)C.CN(CCCCC=O)C(=O)CNC=O.CN1Cc2cccc(Br)c2NC1=O.COC1CCCC1. The summed E-state index contributed by atoms with van der Waals surface area (Å²) >= 11 is 3.40. The van der Waals surface area contributed by atoms with Crippen LogP contribution >= 0.6 is 15.9 Å². The van der Waals surface area contributed by atoms with Gasteiger partial charge in [-0.1, -0.05) is 58.7 Å². The number of hydrogen-bond donors (Lipinski definition) is 4. The highest BCUT2D eigenvalue weighted by Crippen LogP contribution is 2.30. The molecule has 1 aliphatic carbocycles. The fourth-order valence-electron chi connectivity index (χ4n) is 4.21. The normalized spacial score (nSPS) is 14.3. The number of urea groups is 1. The Bertz CT molecular complexity index is 1080. The molecule has 12 nitrogen and oxygen atoms in total. The molecule has 1 aromatic carbocycles. The summed E-state index contributed by atoms with van der Waals surface area (Å²) in [5.41, 5.74) is 2.03. The number of carboxylic acid groups (broad SMARTS) is 1. The van der Waals surface area contributed by atoms with Crippen molar-refractivity contribution in [3.05, 3.63) is 40.9 Å². The average Bonchev–Trinajstić information content (AvgIpc) is 3.58. The molecule has 3 rings (SSSR count). The van der Waals surface area contributed by atoms with Crippen LogP contribution in [0.1, 0.15) is 78.2 Å². The number of ether oxygens (including phenoxy) is 1. The van der Waals surface area contributed by atoms with Crippen molar-refractivity contribution in [2.24, 2.45) is 11.8 Å². The first kappa shape index (κ1) is 46.8. The largest absolute Gasteiger partial charge is 0.480 e. The molecule has 2 atom stereocenters. The number of carbonyl (C=O) groups excluding carboxylic acids is 4. The smallest absolute Gasteiger partial charge is 0.321 e. The summed E-state index contributed by atoms with van der Waals surface area (Å²) in [5, 5.41) is 16.4. The van der Waals surface area contributed by atoms with Gasteiger partial charge in [-0.3, -0.25) is 14.4 Å². The van der Waals surface area contributed by atoms with Gasteiger partial charge in [-0.2, -0.15) is 0 Å². The zero-order valence-corrected chi connectivity index (χ0v) is 31.8. The zero-order chi connectivity index (χ0) is 37.1. The highest BCUT2D eigenvalue weighted by Gasteiger charge is 2.20. The van der Waals surface area contributed by atoms with E-state index in [0.717, 1.165) is 40.8 Å². The van der Waals surface area contributed by atoms with Gasteiger partial charge in [0.05, 0.1) is 18.3 Å². The number of aliphatic carboxylic acids is 1. The Labute approximate surface area is 296 Å². The number of rotatable bonds is 13. The second kappa shape index (κ2) is 28.7. The molecule has 4 amide bonds. The molecule has 0 spiro atoms. The standard InChI is InChI=1S/C9H9BrN2O.C9H16N2O3.C7H13NO2.C6H12O.C4H10/c1-12-5-6-3-2-4-7(10)8(6)11-9(12)13;1-11(5-3-2-4-6-12)9(14)7-10-8-13;1-4-5(2)6(8-3)7(9)10;1-7-6-4-2-3-5-6;1-4(2)3/h2-4H,5H2,1H3,(H,11,13);6,8H,2-5,7H2,1H3,(H,10,13);4-6,8H,1H2,2-3H3,(H,9,10);6H,2-5H2,1H3;4H,1-3H3. The van der Waals surface area contributed by atoms with Gasteiger partial charge in [0.2, 0.25) is 12.3 Å². The number of hydrogen-bond acceptors (Lipinski definition) is 7. The molecule has 0 radical (unpaired) electrons. The van der Waals surface area contributed by atoms with E-state index in [1.807, 2.05) is 25.1 Å². The van der Waals surface area contributed by atoms with E-state index in [2.05, 4.69) is 59.2 Å². The van der Waals surface area contributed by atoms with Crippen molar-refractivity contribution in [3.63, 3.8) is 0 Å². The summed E-state index contributed by atoms with van der Waals surface area (Å²) in [5.74, 6) is -0.166. The number of methoxy groups -OCH3 is 1. The number of nitrogens with zero attached hydrogens (tertiary/aromatic N) is 2. The summed E-state index contributed by atoms with van der Waals surface area (Å²) in [6.45, 7) is 13.1. The Kier molecular flexibility index (Phi) is 28.0. The fraction of sp³-hybridized carbons (Fsp3) is 0.629. The van der Waals surface area contributed by atoms with Crippen LogP contribution in [0.3, 0.4) is 0 Å². The Morgan fingerprint density at radius 3 is 2.23 bits per heavy atom. The summed E-state index contributed by atoms with van der Waals surface area (Å²) in [4.78, 5) is 56.0. The molecular weight excluding hydrogens is 682 g/mol. The minimum absolute atomic E-state index is 0.0354. The number of likely N-dealkylation sites (N-methyl/N-ethyl adjacent to an activating group) is 2. The number of nitrogens with one attached hydrogen (secondary N) is 3. The van der Waals surface area contributed by atoms with Crippen molar-refractivity contribution in [2.45, 2.75) is 91.3 Å². The number of anilines is 1. The van der Waals surface area contributed by atoms with E-state index in [-0.39, 0.29) is 24.4 Å². The minimum Gasteiger partial charge on any atom is -0.480 e. The van der Waals surface area contributed by atoms with Crippen molar-refractivity contribution >= 4 is 52.2 Å². The lowest BCUT2D eigenvalue weighted by atomic mass is 10.0. The van der Waals surface area contributed by atoms with Crippen LogP contribution in [0.15, 0.2) is 35.3 Å². The van der Waals surface area contributed by atoms with Crippen molar-refractivity contribution in [2.75, 3.05) is 46.7 Å². The first-order valence-electron chi connectivity index (χ1n) is 16.4. The van der Waals surface area contributed by atoms with Gasteiger partial charge in [0, 0.05) is 45.2 Å². The van der Waals surface area contributed by atoms with Crippen molar-refractivity contribution in [3.8, 4) is 0 Å². The van der Waals surface area contributed by atoms with Crippen molar-refractivity contribution in [1.82, 2.24) is 20.4 Å². The van der Waals surface area contributed by atoms with E-state index in [1.165, 1.54) is 25.7 Å². The van der Waals surface area contributed by atoms with Crippen LogP contribution in [0.5, 0.6) is 0 Å². The highest BCUT2D eigenvalue weighted by atomic mass is 79.9. The van der Waals surface area contributed by atoms with Crippen molar-refractivity contribution in [1.29, 1.82) is 0 Å². The first-order valence-corrected chi connectivity index (χ1v) is 17.2. The highest BCUT2D eigenvalue weighted by molar-refractivity contribution is 9.10. The Morgan fingerprint density at radius 2 is 1.79 bits per heavy atom. The molecule has 13 heteroatoms. The predicted octanol–water partition coefficient (Wildman–Crippen LogP) is 5.71. The lowest BCUT2D eigenvalue weighted by molar-refractivity contribution is -0.140. The molecule has 48 heavy (non-hydrogen) atoms. The van der Waals surface area contributed by atoms with Gasteiger partial charge >= 0.3 is 12.0 Å². The number of carboxylic acids is 1. The number of halogens is 1. The van der Waals surface area contributed by atoms with E-state index >= 15 is 0 Å². The molecule has 2 unspecified atom stereocenters. The molecule has 1 aromatic rings. The van der Waals surface area contributed by atoms with Gasteiger partial charge < -0.3 is 40.4 Å². The maximum absolute atomic E-state index is 11.3. The number of benzene rings is 1. The topological polar surface area (TPSA) is 157 Å². The van der Waals surface area contributed by atoms with Crippen molar-refractivity contribution < 1.29 is 33.8 Å². The maximum atomic E-state index is 11.3. The number of para-hydroxylation sites is 1. The van der Waals surface area contributed by atoms with Gasteiger partial charge in [0.15, 0.2) is 0 Å². The first-order chi connectivity index (χ1) is 22.7. The summed E-state index contributed by atoms with van der Waals surface area (Å²) < 4.78 is 6.05. The lowest BCUT2D eigenvalue weighted by Crippen LogP contribution is -2.38. The van der Waals surface area contributed by atoms with Crippen LogP contribution in [-0.2, 0) is 30.5 Å². The maximum Gasteiger partial charge on any atom is 0.321 e. The summed E-state index contributed by atoms with van der Waals surface area (Å²) in [7, 11) is 6.88. The second-order valence-corrected chi connectivity index (χ2v) is 13.0. The zero-order valence-electron chi connectivity index (χ0n) is 30.2. The quantitative estimate of drug-likeness (QED) is 0.114. The molecule has 274 valence electrons. The van der Waals surface area contributed by atoms with Gasteiger partial charge in [0.1, 0.15) is 12.3 Å². The van der Waals surface area contributed by atoms with E-state index < -0.39 is 12.0 Å². The van der Waals surface area contributed by atoms with E-state index in [0.29, 0.717) is 32.0 Å². The predicted molar refractivity (Wildman–Crippen MR) is 196 cm³/mol. The van der Waals surface area contributed by atoms with E-state index in [9.17, 15) is 24.0 Å². The van der Waals surface area contributed by atoms with Crippen LogP contribution in [0.25, 0.3) is 0 Å². The minimum atomic E-state index is -0.838. The monoisotopic (exact) mass is 741 g/mol. The van der Waals surface area contributed by atoms with Gasteiger partial charge in [0.25, 0.3) is 0 Å². The third-order valence-corrected chi connectivity index (χ3v) is 7.68. The van der Waals surface area contributed by atoms with Crippen LogP contribution in [0.4, 0.5) is 10.5 Å². The molecule has 2 aliphatic rings. The van der Waals surface area contributed by atoms with Gasteiger partial charge in [-0.25, -0.2) is 4.79 Å². The average molecular weight is 743 g/mol. The second-order valence-electron chi connectivity index (χ2n) is 12.1. The van der Waals surface area contributed by atoms with Gasteiger partial charge in [-0.15, -0.1) is 6.58 Å². The van der Waals surface area contributed by atoms with E-state index in [4.69, 9.17) is 9.84 Å². The molecule has 1 aliphatic heterocycles. The van der Waals surface area contributed by atoms with Crippen LogP contribution in [-0.4, -0.2) is 99.0 Å². The lowest BCUT2D eigenvalue weighted by Gasteiger charge is -2.26. The molecule has 4 N–H and O–H groups in total. The molecule has 0 bridgehead atoms. The molecule has 1 saturated carbocycles. The molecular formula is C35H60BrN5O7. The Balaban J connectivity index is 0. The number of aldehydes is 1. The van der Waals surface area contributed by atoms with Crippen LogP contribution in [0.2, 0.25) is 0 Å². The summed E-state index contributed by atoms with van der Waals surface area (Å²) in [6, 6.07) is 5.33. The Morgan fingerprint density at radius 1 is 1.19 bits per heavy atom. The van der Waals surface area contributed by atoms with E-state index in [1.54, 1.807) is 44.1 Å². The van der Waals surface area contributed by atoms with Gasteiger partial charge in [-0.05, 0) is 72.1 Å². The number of fused-ring (bicyclic) bond motifs is 1. The third kappa shape index (κ3) is 22.3. The molecule has 1 heterocycles. The van der Waals surface area contributed by atoms with Crippen LogP contribution in [0, 0.1) is 11.8 Å². The molecule has 0 saturated heterocycles. The Hall–Kier alpha value is -3.29. The fourth-order valence-corrected chi connectivity index (χ4v) is 4.71. The number of amides is 4. The molecule has 1 fully saturated rings. The number of unbranched alkanes of at least 4 members (excludes halogenated alkanes) is 2. The van der Waals surface area contributed by atoms with Crippen LogP contribution < -0.4 is 16.0 Å².